The molecule has 4 aliphatic rings. The molecule has 0 saturated heterocycles. The van der Waals surface area contributed by atoms with Crippen LogP contribution in [0.4, 0.5) is 13.2 Å². The number of halogens is 3. The van der Waals surface area contributed by atoms with Gasteiger partial charge in [0.15, 0.2) is 0 Å². The number of fused-ring (bicyclic) bond motifs is 5. The lowest BCUT2D eigenvalue weighted by Gasteiger charge is -2.64. The lowest BCUT2D eigenvalue weighted by Crippen LogP contribution is -2.62. The average Bonchev–Trinajstić information content (AvgIpc) is 3.29. The molecule has 0 heterocycles. The molecule has 1 amide bonds. The van der Waals surface area contributed by atoms with E-state index in [-0.39, 0.29) is 47.2 Å². The SMILES string of the molecule is CC[C@@H]1C2C[C@H](O)CCC2(C)[C@H]2CCC3(C)C([C@H](C)CCC(=O)NS(=O)(=O)c4cccc(C(F)(F)F)c4)CC[C@H]3[C@@H]2[C@@H]1O. The predicted octanol–water partition coefficient (Wildman–Crippen LogP) is 6.55. The van der Waals surface area contributed by atoms with Crippen LogP contribution in [0.1, 0.15) is 97.5 Å². The molecule has 4 aliphatic carbocycles. The van der Waals surface area contributed by atoms with E-state index in [4.69, 9.17) is 0 Å². The van der Waals surface area contributed by atoms with Crippen LogP contribution in [0.25, 0.3) is 0 Å². The third-order valence-electron chi connectivity index (χ3n) is 12.7. The zero-order valence-corrected chi connectivity index (χ0v) is 26.6. The molecule has 3 N–H and O–H groups in total. The van der Waals surface area contributed by atoms with Crippen LogP contribution in [-0.4, -0.2) is 36.7 Å². The Morgan fingerprint density at radius 3 is 2.40 bits per heavy atom. The van der Waals surface area contributed by atoms with Crippen molar-refractivity contribution in [3.05, 3.63) is 29.8 Å². The van der Waals surface area contributed by atoms with Crippen LogP contribution in [0.15, 0.2) is 29.2 Å². The van der Waals surface area contributed by atoms with Gasteiger partial charge in [0.2, 0.25) is 5.91 Å². The summed E-state index contributed by atoms with van der Waals surface area (Å²) >= 11 is 0. The molecule has 0 bridgehead atoms. The Labute approximate surface area is 254 Å². The van der Waals surface area contributed by atoms with Crippen LogP contribution >= 0.6 is 0 Å². The highest BCUT2D eigenvalue weighted by molar-refractivity contribution is 7.90. The van der Waals surface area contributed by atoms with E-state index < -0.39 is 32.6 Å². The number of sulfonamides is 1. The maximum absolute atomic E-state index is 13.1. The van der Waals surface area contributed by atoms with Crippen molar-refractivity contribution >= 4 is 15.9 Å². The van der Waals surface area contributed by atoms with Crippen LogP contribution in [-0.2, 0) is 21.0 Å². The first-order valence-corrected chi connectivity index (χ1v) is 17.6. The molecule has 4 saturated carbocycles. The van der Waals surface area contributed by atoms with Crippen molar-refractivity contribution in [2.24, 2.45) is 52.3 Å². The Bertz CT molecular complexity index is 1300. The third-order valence-corrected chi connectivity index (χ3v) is 14.1. The largest absolute Gasteiger partial charge is 0.416 e. The Morgan fingerprint density at radius 2 is 1.72 bits per heavy atom. The number of benzene rings is 1. The molecule has 43 heavy (non-hydrogen) atoms. The van der Waals surface area contributed by atoms with E-state index in [1.54, 1.807) is 0 Å². The topological polar surface area (TPSA) is 104 Å². The fraction of sp³-hybridized carbons (Fsp3) is 0.788. The normalized spacial score (nSPS) is 40.2. The number of hydrogen-bond acceptors (Lipinski definition) is 5. The maximum Gasteiger partial charge on any atom is 0.416 e. The summed E-state index contributed by atoms with van der Waals surface area (Å²) in [5, 5.41) is 22.4. The fourth-order valence-electron chi connectivity index (χ4n) is 10.6. The lowest BCUT2D eigenvalue weighted by atomic mass is 9.41. The molecule has 0 spiro atoms. The van der Waals surface area contributed by atoms with Crippen molar-refractivity contribution in [3.63, 3.8) is 0 Å². The van der Waals surface area contributed by atoms with Gasteiger partial charge >= 0.3 is 6.18 Å². The van der Waals surface area contributed by atoms with Gasteiger partial charge in [0.25, 0.3) is 10.0 Å². The van der Waals surface area contributed by atoms with Crippen molar-refractivity contribution in [3.8, 4) is 0 Å². The highest BCUT2D eigenvalue weighted by Gasteiger charge is 2.64. The summed E-state index contributed by atoms with van der Waals surface area (Å²) in [6.07, 6.45) is 2.73. The van der Waals surface area contributed by atoms with Crippen LogP contribution in [0.2, 0.25) is 0 Å². The minimum absolute atomic E-state index is 0.0117. The molecule has 4 unspecified atom stereocenters. The van der Waals surface area contributed by atoms with Gasteiger partial charge in [0.05, 0.1) is 22.7 Å². The number of carbonyl (C=O) groups is 1. The van der Waals surface area contributed by atoms with E-state index in [1.165, 1.54) is 0 Å². The minimum Gasteiger partial charge on any atom is -0.393 e. The number of nitrogens with one attached hydrogen (secondary N) is 1. The van der Waals surface area contributed by atoms with E-state index in [9.17, 15) is 36.6 Å². The van der Waals surface area contributed by atoms with E-state index in [1.807, 2.05) is 4.72 Å². The molecule has 10 heteroatoms. The van der Waals surface area contributed by atoms with Gasteiger partial charge < -0.3 is 10.2 Å². The van der Waals surface area contributed by atoms with Gasteiger partial charge in [-0.2, -0.15) is 13.2 Å². The van der Waals surface area contributed by atoms with Crippen LogP contribution in [0.3, 0.4) is 0 Å². The van der Waals surface area contributed by atoms with Gasteiger partial charge in [-0.3, -0.25) is 4.79 Å². The Hall–Kier alpha value is -1.65. The van der Waals surface area contributed by atoms with Gasteiger partial charge in [0.1, 0.15) is 0 Å². The van der Waals surface area contributed by atoms with E-state index in [0.717, 1.165) is 69.6 Å². The second kappa shape index (κ2) is 11.6. The lowest BCUT2D eigenvalue weighted by molar-refractivity contribution is -0.203. The summed E-state index contributed by atoms with van der Waals surface area (Å²) in [5.41, 5.74) is -0.954. The molecular formula is C33H48F3NO5S. The second-order valence-corrected chi connectivity index (χ2v) is 16.4. The summed E-state index contributed by atoms with van der Waals surface area (Å²) in [6.45, 7) is 9.05. The van der Waals surface area contributed by atoms with E-state index >= 15 is 0 Å². The minimum atomic E-state index is -4.69. The quantitative estimate of drug-likeness (QED) is 0.318. The number of hydrogen-bond donors (Lipinski definition) is 3. The first-order valence-electron chi connectivity index (χ1n) is 16.1. The zero-order valence-electron chi connectivity index (χ0n) is 25.7. The van der Waals surface area contributed by atoms with Crippen LogP contribution < -0.4 is 4.72 Å². The highest BCUT2D eigenvalue weighted by Crippen LogP contribution is 2.69. The van der Waals surface area contributed by atoms with Crippen LogP contribution in [0, 0.1) is 52.3 Å². The molecule has 0 aliphatic heterocycles. The van der Waals surface area contributed by atoms with Gasteiger partial charge in [0, 0.05) is 6.42 Å². The molecule has 242 valence electrons. The molecule has 6 nitrogen and oxygen atoms in total. The van der Waals surface area contributed by atoms with Crippen molar-refractivity contribution in [1.29, 1.82) is 0 Å². The first-order chi connectivity index (χ1) is 20.0. The highest BCUT2D eigenvalue weighted by atomic mass is 32.2. The van der Waals surface area contributed by atoms with Gasteiger partial charge in [-0.1, -0.05) is 40.2 Å². The number of carbonyl (C=O) groups excluding carboxylic acids is 1. The summed E-state index contributed by atoms with van der Waals surface area (Å²) in [7, 11) is -4.43. The van der Waals surface area contributed by atoms with Crippen molar-refractivity contribution in [1.82, 2.24) is 4.72 Å². The number of alkyl halides is 3. The number of rotatable bonds is 7. The number of aliphatic hydroxyl groups excluding tert-OH is 2. The molecular weight excluding hydrogens is 579 g/mol. The zero-order chi connectivity index (χ0) is 31.5. The summed E-state index contributed by atoms with van der Waals surface area (Å²) in [4.78, 5) is 12.1. The standard InChI is InChI=1S/C33H48F3NO5S/c1-5-23-27-18-21(38)13-15-32(27,4)26-14-16-31(3)24(10-11-25(31)29(26)30(23)40)19(2)9-12-28(39)37-43(41,42)22-8-6-7-20(17-22)33(34,35)36/h6-8,17,19,21,23-27,29-30,38,40H,5,9-16,18H2,1-4H3,(H,37,39)/t19-,21-,23-,24?,25+,26+,27?,29+,30-,31?,32?/m1/s1. The number of amides is 1. The van der Waals surface area contributed by atoms with Gasteiger partial charge in [-0.25, -0.2) is 13.1 Å². The van der Waals surface area contributed by atoms with Crippen molar-refractivity contribution in [2.45, 2.75) is 115 Å². The maximum atomic E-state index is 13.1. The molecule has 0 aromatic heterocycles. The van der Waals surface area contributed by atoms with Gasteiger partial charge in [-0.15, -0.1) is 0 Å². The van der Waals surface area contributed by atoms with Gasteiger partial charge in [-0.05, 0) is 122 Å². The van der Waals surface area contributed by atoms with E-state index in [2.05, 4.69) is 27.7 Å². The Morgan fingerprint density at radius 1 is 1.05 bits per heavy atom. The summed E-state index contributed by atoms with van der Waals surface area (Å²) in [6, 6.07) is 3.39. The summed E-state index contributed by atoms with van der Waals surface area (Å²) in [5.74, 6) is 1.30. The predicted molar refractivity (Wildman–Crippen MR) is 157 cm³/mol. The summed E-state index contributed by atoms with van der Waals surface area (Å²) < 4.78 is 66.6. The van der Waals surface area contributed by atoms with E-state index in [0.29, 0.717) is 36.2 Å². The molecule has 1 aromatic rings. The third kappa shape index (κ3) is 5.78. The van der Waals surface area contributed by atoms with Crippen molar-refractivity contribution in [2.75, 3.05) is 0 Å². The first kappa shape index (κ1) is 32.7. The number of aliphatic hydroxyl groups is 2. The van der Waals surface area contributed by atoms with Crippen LogP contribution in [0.5, 0.6) is 0 Å². The Kier molecular flexibility index (Phi) is 8.84. The molecule has 4 fully saturated rings. The molecule has 0 radical (unpaired) electrons. The second-order valence-electron chi connectivity index (χ2n) is 14.7. The Balaban J connectivity index is 1.25. The van der Waals surface area contributed by atoms with Crippen molar-refractivity contribution < 1.29 is 36.6 Å². The smallest absolute Gasteiger partial charge is 0.393 e. The molecule has 1 aromatic carbocycles. The fourth-order valence-corrected chi connectivity index (χ4v) is 11.7. The average molecular weight is 628 g/mol. The molecule has 11 atom stereocenters. The molecule has 5 rings (SSSR count). The monoisotopic (exact) mass is 627 g/mol.